The predicted octanol–water partition coefficient (Wildman–Crippen LogP) is 4.47. The van der Waals surface area contributed by atoms with Gasteiger partial charge in [-0.25, -0.2) is 4.79 Å². The number of primary amides is 1. The Hall–Kier alpha value is -2.86. The molecule has 31 heavy (non-hydrogen) atoms. The van der Waals surface area contributed by atoms with Crippen molar-refractivity contribution in [2.24, 2.45) is 5.73 Å². The first-order valence-corrected chi connectivity index (χ1v) is 11.2. The SMILES string of the molecule is CCCC(C)N1CCC(N(Cc2ccccc2)C(=O)Nc2ccccc2C(N)=O)CC1. The molecule has 1 heterocycles. The fraction of sp³-hybridized carbons (Fsp3) is 0.440. The van der Waals surface area contributed by atoms with Gasteiger partial charge in [0, 0.05) is 31.7 Å². The quantitative estimate of drug-likeness (QED) is 0.659. The van der Waals surface area contributed by atoms with Gasteiger partial charge in [-0.2, -0.15) is 0 Å². The molecule has 0 aromatic heterocycles. The molecule has 1 aliphatic rings. The maximum atomic E-state index is 13.4. The lowest BCUT2D eigenvalue weighted by atomic mass is 10.00. The number of urea groups is 1. The molecule has 1 saturated heterocycles. The van der Waals surface area contributed by atoms with Crippen LogP contribution in [0.1, 0.15) is 55.5 Å². The summed E-state index contributed by atoms with van der Waals surface area (Å²) in [7, 11) is 0. The zero-order chi connectivity index (χ0) is 22.2. The lowest BCUT2D eigenvalue weighted by molar-refractivity contribution is 0.0989. The van der Waals surface area contributed by atoms with Crippen LogP contribution in [-0.2, 0) is 6.54 Å². The summed E-state index contributed by atoms with van der Waals surface area (Å²) in [6.45, 7) is 7.02. The number of piperidine rings is 1. The first-order valence-electron chi connectivity index (χ1n) is 11.2. The highest BCUT2D eigenvalue weighted by atomic mass is 16.2. The number of likely N-dealkylation sites (tertiary alicyclic amines) is 1. The number of nitrogens with one attached hydrogen (secondary N) is 1. The van der Waals surface area contributed by atoms with Crippen LogP contribution in [0.5, 0.6) is 0 Å². The Morgan fingerprint density at radius 1 is 1.10 bits per heavy atom. The van der Waals surface area contributed by atoms with Gasteiger partial charge in [-0.1, -0.05) is 55.8 Å². The standard InChI is InChI=1S/C25H34N4O2/c1-3-9-19(2)28-16-14-21(15-17-28)29(18-20-10-5-4-6-11-20)25(31)27-23-13-8-7-12-22(23)24(26)30/h4-8,10-13,19,21H,3,9,14-18H2,1-2H3,(H2,26,30)(H,27,31). The Morgan fingerprint density at radius 2 is 1.74 bits per heavy atom. The van der Waals surface area contributed by atoms with E-state index in [1.807, 2.05) is 35.2 Å². The van der Waals surface area contributed by atoms with Gasteiger partial charge in [0.25, 0.3) is 5.91 Å². The highest BCUT2D eigenvalue weighted by molar-refractivity contribution is 6.02. The van der Waals surface area contributed by atoms with Crippen LogP contribution in [0.3, 0.4) is 0 Å². The van der Waals surface area contributed by atoms with Crippen LogP contribution >= 0.6 is 0 Å². The number of nitrogens with zero attached hydrogens (tertiary/aromatic N) is 2. The summed E-state index contributed by atoms with van der Waals surface area (Å²) in [6, 6.07) is 17.4. The van der Waals surface area contributed by atoms with Gasteiger partial charge in [-0.05, 0) is 43.9 Å². The third kappa shape index (κ3) is 6.07. The number of benzene rings is 2. The number of carbonyl (C=O) groups excluding carboxylic acids is 2. The van der Waals surface area contributed by atoms with Crippen molar-refractivity contribution in [1.29, 1.82) is 0 Å². The summed E-state index contributed by atoms with van der Waals surface area (Å²) in [5, 5.41) is 2.94. The maximum Gasteiger partial charge on any atom is 0.322 e. The van der Waals surface area contributed by atoms with Gasteiger partial charge in [-0.15, -0.1) is 0 Å². The van der Waals surface area contributed by atoms with E-state index in [4.69, 9.17) is 5.73 Å². The van der Waals surface area contributed by atoms with Crippen LogP contribution in [0.25, 0.3) is 0 Å². The lowest BCUT2D eigenvalue weighted by Gasteiger charge is -2.40. The molecular weight excluding hydrogens is 388 g/mol. The molecule has 0 radical (unpaired) electrons. The topological polar surface area (TPSA) is 78.7 Å². The number of hydrogen-bond acceptors (Lipinski definition) is 3. The second-order valence-corrected chi connectivity index (χ2v) is 8.36. The third-order valence-electron chi connectivity index (χ3n) is 6.16. The summed E-state index contributed by atoms with van der Waals surface area (Å²) in [6.07, 6.45) is 4.25. The molecule has 0 spiro atoms. The minimum atomic E-state index is -0.552. The summed E-state index contributed by atoms with van der Waals surface area (Å²) < 4.78 is 0. The van der Waals surface area contributed by atoms with Crippen LogP contribution in [0, 0.1) is 0 Å². The van der Waals surface area contributed by atoms with Gasteiger partial charge >= 0.3 is 6.03 Å². The molecule has 6 nitrogen and oxygen atoms in total. The molecule has 3 amide bonds. The average Bonchev–Trinajstić information content (AvgIpc) is 2.78. The Morgan fingerprint density at radius 3 is 2.39 bits per heavy atom. The molecule has 1 fully saturated rings. The Kier molecular flexibility index (Phi) is 8.06. The van der Waals surface area contributed by atoms with Crippen molar-refractivity contribution in [2.45, 2.75) is 58.2 Å². The van der Waals surface area contributed by atoms with Crippen molar-refractivity contribution >= 4 is 17.6 Å². The summed E-state index contributed by atoms with van der Waals surface area (Å²) in [5.41, 5.74) is 7.35. The monoisotopic (exact) mass is 422 g/mol. The zero-order valence-corrected chi connectivity index (χ0v) is 18.6. The fourth-order valence-corrected chi connectivity index (χ4v) is 4.38. The van der Waals surface area contributed by atoms with E-state index < -0.39 is 5.91 Å². The first kappa shape index (κ1) is 22.8. The summed E-state index contributed by atoms with van der Waals surface area (Å²) >= 11 is 0. The molecule has 0 aliphatic carbocycles. The second-order valence-electron chi connectivity index (χ2n) is 8.36. The van der Waals surface area contributed by atoms with E-state index >= 15 is 0 Å². The van der Waals surface area contributed by atoms with Gasteiger partial charge in [-0.3, -0.25) is 4.79 Å². The van der Waals surface area contributed by atoms with Crippen molar-refractivity contribution in [1.82, 2.24) is 9.80 Å². The molecule has 0 saturated carbocycles. The van der Waals surface area contributed by atoms with E-state index in [1.54, 1.807) is 24.3 Å². The molecule has 1 atom stereocenters. The fourth-order valence-electron chi connectivity index (χ4n) is 4.38. The summed E-state index contributed by atoms with van der Waals surface area (Å²) in [5.74, 6) is -0.552. The van der Waals surface area contributed by atoms with Gasteiger partial charge in [0.05, 0.1) is 11.3 Å². The van der Waals surface area contributed by atoms with Crippen LogP contribution in [0.4, 0.5) is 10.5 Å². The van der Waals surface area contributed by atoms with Crippen molar-refractivity contribution in [2.75, 3.05) is 18.4 Å². The molecule has 6 heteroatoms. The van der Waals surface area contributed by atoms with E-state index in [0.29, 0.717) is 23.8 Å². The molecule has 0 bridgehead atoms. The number of rotatable bonds is 8. The highest BCUT2D eigenvalue weighted by Crippen LogP contribution is 2.23. The smallest absolute Gasteiger partial charge is 0.322 e. The molecule has 1 unspecified atom stereocenters. The van der Waals surface area contributed by atoms with E-state index in [-0.39, 0.29) is 12.1 Å². The number of amides is 3. The lowest BCUT2D eigenvalue weighted by Crippen LogP contribution is -2.50. The predicted molar refractivity (Wildman–Crippen MR) is 125 cm³/mol. The minimum absolute atomic E-state index is 0.144. The Labute approximate surface area is 185 Å². The first-order chi connectivity index (χ1) is 15.0. The van der Waals surface area contributed by atoms with Gasteiger partial charge in [0.1, 0.15) is 0 Å². The number of carbonyl (C=O) groups is 2. The van der Waals surface area contributed by atoms with Crippen LogP contribution in [-0.4, -0.2) is 46.9 Å². The number of hydrogen-bond donors (Lipinski definition) is 2. The van der Waals surface area contributed by atoms with Crippen molar-refractivity contribution < 1.29 is 9.59 Å². The summed E-state index contributed by atoms with van der Waals surface area (Å²) in [4.78, 5) is 29.6. The third-order valence-corrected chi connectivity index (χ3v) is 6.16. The molecule has 166 valence electrons. The maximum absolute atomic E-state index is 13.4. The van der Waals surface area contributed by atoms with Crippen molar-refractivity contribution in [3.05, 3.63) is 65.7 Å². The number of para-hydroxylation sites is 1. The number of nitrogens with two attached hydrogens (primary N) is 1. The molecule has 2 aromatic rings. The average molecular weight is 423 g/mol. The van der Waals surface area contributed by atoms with Crippen LogP contribution in [0.15, 0.2) is 54.6 Å². The zero-order valence-electron chi connectivity index (χ0n) is 18.6. The van der Waals surface area contributed by atoms with Gasteiger partial charge in [0.2, 0.25) is 0 Å². The second kappa shape index (κ2) is 11.0. The Balaban J connectivity index is 1.76. The van der Waals surface area contributed by atoms with Crippen molar-refractivity contribution in [3.63, 3.8) is 0 Å². The van der Waals surface area contributed by atoms with E-state index in [1.165, 1.54) is 12.8 Å². The van der Waals surface area contributed by atoms with Crippen LogP contribution < -0.4 is 11.1 Å². The normalized spacial score (nSPS) is 15.9. The molecular formula is C25H34N4O2. The van der Waals surface area contributed by atoms with Gasteiger partial charge < -0.3 is 20.9 Å². The van der Waals surface area contributed by atoms with E-state index in [2.05, 4.69) is 24.1 Å². The number of anilines is 1. The van der Waals surface area contributed by atoms with Gasteiger partial charge in [0.15, 0.2) is 0 Å². The van der Waals surface area contributed by atoms with Crippen molar-refractivity contribution in [3.8, 4) is 0 Å². The Bertz CT molecular complexity index is 863. The highest BCUT2D eigenvalue weighted by Gasteiger charge is 2.30. The molecule has 1 aliphatic heterocycles. The molecule has 3 N–H and O–H groups in total. The van der Waals surface area contributed by atoms with E-state index in [9.17, 15) is 9.59 Å². The molecule has 2 aromatic carbocycles. The van der Waals surface area contributed by atoms with Crippen LogP contribution in [0.2, 0.25) is 0 Å². The minimum Gasteiger partial charge on any atom is -0.366 e. The van der Waals surface area contributed by atoms with E-state index in [0.717, 1.165) is 31.5 Å². The molecule has 3 rings (SSSR count). The largest absolute Gasteiger partial charge is 0.366 e.